The minimum Gasteiger partial charge on any atom is -0.481 e. The molecule has 2 aromatic rings. The maximum absolute atomic E-state index is 13.6. The zero-order chi connectivity index (χ0) is 24.6. The number of benzene rings is 2. The number of nitrogens with zero attached hydrogens (tertiary/aromatic N) is 4. The van der Waals surface area contributed by atoms with Crippen LogP contribution in [0.1, 0.15) is 25.8 Å². The van der Waals surface area contributed by atoms with Crippen LogP contribution in [0.15, 0.2) is 42.5 Å². The fourth-order valence-electron chi connectivity index (χ4n) is 4.98. The van der Waals surface area contributed by atoms with Gasteiger partial charge in [0, 0.05) is 20.1 Å². The number of aliphatic carboxylic acids is 1. The molecule has 2 aliphatic rings. The number of nitrogens with one attached hydrogen (secondary N) is 1. The van der Waals surface area contributed by atoms with Crippen molar-refractivity contribution in [1.29, 1.82) is 0 Å². The van der Waals surface area contributed by atoms with E-state index in [1.54, 1.807) is 25.8 Å². The summed E-state index contributed by atoms with van der Waals surface area (Å²) in [6.07, 6.45) is -1.37. The van der Waals surface area contributed by atoms with Gasteiger partial charge >= 0.3 is 12.0 Å². The number of likely N-dealkylation sites (N-methyl/N-ethyl adjacent to an activating group) is 1. The Morgan fingerprint density at radius 1 is 1.12 bits per heavy atom. The van der Waals surface area contributed by atoms with Crippen molar-refractivity contribution in [1.82, 2.24) is 25.1 Å². The van der Waals surface area contributed by atoms with Crippen LogP contribution < -0.4 is 5.32 Å². The van der Waals surface area contributed by atoms with E-state index < -0.39 is 42.6 Å². The fourth-order valence-corrected chi connectivity index (χ4v) is 4.98. The number of hydrogen-bond acceptors (Lipinski definition) is 5. The highest BCUT2D eigenvalue weighted by Crippen LogP contribution is 2.33. The minimum atomic E-state index is -1.20. The number of rotatable bonds is 5. The van der Waals surface area contributed by atoms with Crippen LogP contribution >= 0.6 is 0 Å². The number of fused-ring (bicyclic) bond motifs is 2. The molecule has 2 N–H and O–H groups in total. The summed E-state index contributed by atoms with van der Waals surface area (Å²) in [5, 5.41) is 17.3. The van der Waals surface area contributed by atoms with Gasteiger partial charge in [-0.2, -0.15) is 0 Å². The molecule has 0 radical (unpaired) electrons. The highest BCUT2D eigenvalue weighted by atomic mass is 16.4. The Morgan fingerprint density at radius 3 is 2.53 bits per heavy atom. The number of hydrogen-bond donors (Lipinski definition) is 2. The minimum absolute atomic E-state index is 0.132. The van der Waals surface area contributed by atoms with Gasteiger partial charge in [0.2, 0.25) is 11.8 Å². The summed E-state index contributed by atoms with van der Waals surface area (Å²) < 4.78 is 0. The second-order valence-electron chi connectivity index (χ2n) is 8.67. The molecule has 2 heterocycles. The second-order valence-corrected chi connectivity index (χ2v) is 8.67. The first-order chi connectivity index (χ1) is 16.2. The van der Waals surface area contributed by atoms with Crippen LogP contribution in [-0.4, -0.2) is 87.1 Å². The summed E-state index contributed by atoms with van der Waals surface area (Å²) in [4.78, 5) is 54.2. The third kappa shape index (κ3) is 4.05. The average molecular weight is 468 g/mol. The summed E-state index contributed by atoms with van der Waals surface area (Å²) in [5.74, 6) is -2.01. The van der Waals surface area contributed by atoms with Crippen molar-refractivity contribution in [2.75, 3.05) is 20.1 Å². The molecule has 180 valence electrons. The van der Waals surface area contributed by atoms with Crippen molar-refractivity contribution in [3.63, 3.8) is 0 Å². The fraction of sp³-hybridized carbons (Fsp3) is 0.417. The maximum atomic E-state index is 13.6. The van der Waals surface area contributed by atoms with Gasteiger partial charge in [-0.05, 0) is 30.2 Å². The van der Waals surface area contributed by atoms with E-state index in [-0.39, 0.29) is 19.0 Å². The van der Waals surface area contributed by atoms with Gasteiger partial charge in [-0.15, -0.1) is 0 Å². The maximum Gasteiger partial charge on any atom is 0.333 e. The van der Waals surface area contributed by atoms with Crippen molar-refractivity contribution >= 4 is 34.6 Å². The van der Waals surface area contributed by atoms with Crippen molar-refractivity contribution in [2.45, 2.75) is 45.1 Å². The highest BCUT2D eigenvalue weighted by molar-refractivity contribution is 5.94. The van der Waals surface area contributed by atoms with Crippen molar-refractivity contribution in [3.8, 4) is 0 Å². The van der Waals surface area contributed by atoms with Gasteiger partial charge in [-0.1, -0.05) is 42.5 Å². The standard InChI is InChI=1S/C24H29N5O5/c1-4-25-24(34)29-22-15(2)27(13-17-10-7-9-16-8-5-6-11-18(16)17)23(33)19(12-21(31)32)28(22)20(30)14-26(29)3/h5-11,15,19,22H,4,12-14H2,1-3H3,(H,25,34)(H,31,32)/t15-,19-,22-/m0/s1. The number of carboxylic acids is 1. The molecule has 10 nitrogen and oxygen atoms in total. The van der Waals surface area contributed by atoms with Gasteiger partial charge < -0.3 is 20.2 Å². The topological polar surface area (TPSA) is 113 Å². The lowest BCUT2D eigenvalue weighted by atomic mass is 9.96. The normalized spacial score (nSPS) is 23.3. The van der Waals surface area contributed by atoms with Crippen LogP contribution in [0.4, 0.5) is 4.79 Å². The quantitative estimate of drug-likeness (QED) is 0.688. The van der Waals surface area contributed by atoms with Crippen molar-refractivity contribution in [3.05, 3.63) is 48.0 Å². The third-order valence-corrected chi connectivity index (χ3v) is 6.51. The molecule has 0 aromatic heterocycles. The van der Waals surface area contributed by atoms with Crippen LogP contribution in [0.2, 0.25) is 0 Å². The summed E-state index contributed by atoms with van der Waals surface area (Å²) in [6.45, 7) is 4.06. The molecule has 4 rings (SSSR count). The lowest BCUT2D eigenvalue weighted by Crippen LogP contribution is -2.78. The van der Waals surface area contributed by atoms with Crippen molar-refractivity contribution in [2.24, 2.45) is 0 Å². The molecule has 2 aromatic carbocycles. The molecule has 0 saturated carbocycles. The largest absolute Gasteiger partial charge is 0.481 e. The van der Waals surface area contributed by atoms with E-state index in [0.29, 0.717) is 6.54 Å². The summed E-state index contributed by atoms with van der Waals surface area (Å²) in [5.41, 5.74) is 0.904. The van der Waals surface area contributed by atoms with E-state index in [9.17, 15) is 24.3 Å². The monoisotopic (exact) mass is 467 g/mol. The van der Waals surface area contributed by atoms with Gasteiger partial charge in [0.25, 0.3) is 0 Å². The Bertz CT molecular complexity index is 1130. The number of piperazine rings is 1. The van der Waals surface area contributed by atoms with E-state index in [2.05, 4.69) is 5.32 Å². The second kappa shape index (κ2) is 9.30. The molecule has 0 spiro atoms. The van der Waals surface area contributed by atoms with E-state index in [0.717, 1.165) is 16.3 Å². The number of urea groups is 1. The summed E-state index contributed by atoms with van der Waals surface area (Å²) in [6, 6.07) is 11.5. The number of amides is 4. The Labute approximate surface area is 197 Å². The Kier molecular flexibility index (Phi) is 6.43. The molecule has 2 aliphatic heterocycles. The summed E-state index contributed by atoms with van der Waals surface area (Å²) in [7, 11) is 1.63. The van der Waals surface area contributed by atoms with E-state index in [1.165, 1.54) is 14.9 Å². The first-order valence-electron chi connectivity index (χ1n) is 11.3. The molecule has 0 bridgehead atoms. The zero-order valence-electron chi connectivity index (χ0n) is 19.5. The molecule has 4 amide bonds. The van der Waals surface area contributed by atoms with E-state index in [1.807, 2.05) is 42.5 Å². The lowest BCUT2D eigenvalue weighted by molar-refractivity contribution is -0.197. The Hall–Kier alpha value is -3.66. The van der Waals surface area contributed by atoms with Crippen LogP contribution in [-0.2, 0) is 20.9 Å². The van der Waals surface area contributed by atoms with Crippen LogP contribution in [0, 0.1) is 0 Å². The molecular formula is C24H29N5O5. The Morgan fingerprint density at radius 2 is 1.82 bits per heavy atom. The SMILES string of the molecule is CCNC(=O)N1[C@H]2[C@H](C)N(Cc3cccc4ccccc34)C(=O)[C@H](CC(=O)O)N2C(=O)CN1C. The zero-order valence-corrected chi connectivity index (χ0v) is 19.5. The van der Waals surface area contributed by atoms with Gasteiger partial charge in [0.05, 0.1) is 19.0 Å². The van der Waals surface area contributed by atoms with Gasteiger partial charge in [-0.3, -0.25) is 14.4 Å². The highest BCUT2D eigenvalue weighted by Gasteiger charge is 2.54. The molecule has 34 heavy (non-hydrogen) atoms. The third-order valence-electron chi connectivity index (χ3n) is 6.51. The van der Waals surface area contributed by atoms with E-state index in [4.69, 9.17) is 0 Å². The number of carboxylic acid groups (broad SMARTS) is 1. The number of carbonyl (C=O) groups excluding carboxylic acids is 3. The molecule has 10 heteroatoms. The lowest BCUT2D eigenvalue weighted by Gasteiger charge is -2.57. The summed E-state index contributed by atoms with van der Waals surface area (Å²) >= 11 is 0. The Balaban J connectivity index is 1.78. The van der Waals surface area contributed by atoms with Crippen LogP contribution in [0.5, 0.6) is 0 Å². The van der Waals surface area contributed by atoms with Crippen LogP contribution in [0.25, 0.3) is 10.8 Å². The van der Waals surface area contributed by atoms with Crippen molar-refractivity contribution < 1.29 is 24.3 Å². The van der Waals surface area contributed by atoms with Crippen LogP contribution in [0.3, 0.4) is 0 Å². The average Bonchev–Trinajstić information content (AvgIpc) is 2.79. The predicted molar refractivity (Wildman–Crippen MR) is 124 cm³/mol. The molecular weight excluding hydrogens is 438 g/mol. The number of carbonyl (C=O) groups is 4. The first kappa shape index (κ1) is 23.5. The molecule has 2 saturated heterocycles. The first-order valence-corrected chi connectivity index (χ1v) is 11.3. The van der Waals surface area contributed by atoms with Gasteiger partial charge in [0.1, 0.15) is 12.2 Å². The van der Waals surface area contributed by atoms with Gasteiger partial charge in [-0.25, -0.2) is 14.8 Å². The molecule has 2 fully saturated rings. The smallest absolute Gasteiger partial charge is 0.333 e. The van der Waals surface area contributed by atoms with Gasteiger partial charge in [0.15, 0.2) is 0 Å². The predicted octanol–water partition coefficient (Wildman–Crippen LogP) is 1.46. The number of hydrazine groups is 1. The molecule has 3 atom stereocenters. The van der Waals surface area contributed by atoms with E-state index >= 15 is 0 Å². The molecule has 0 unspecified atom stereocenters. The molecule has 0 aliphatic carbocycles.